The number of nitrogens with zero attached hydrogens (tertiary/aromatic N) is 4. The fourth-order valence-electron chi connectivity index (χ4n) is 2.62. The molecule has 0 amide bonds. The van der Waals surface area contributed by atoms with Crippen LogP contribution in [0.3, 0.4) is 0 Å². The Labute approximate surface area is 151 Å². The first-order valence-electron chi connectivity index (χ1n) is 8.14. The van der Waals surface area contributed by atoms with Crippen LogP contribution >= 0.6 is 0 Å². The third-order valence-electron chi connectivity index (χ3n) is 4.12. The Bertz CT molecular complexity index is 1030. The van der Waals surface area contributed by atoms with E-state index in [4.69, 9.17) is 0 Å². The van der Waals surface area contributed by atoms with E-state index in [9.17, 15) is 14.7 Å². The Morgan fingerprint density at radius 1 is 1.15 bits per heavy atom. The molecule has 2 aromatic heterocycles. The summed E-state index contributed by atoms with van der Waals surface area (Å²) in [5.74, 6) is -1.28. The average Bonchev–Trinajstić information content (AvgIpc) is 3.00. The summed E-state index contributed by atoms with van der Waals surface area (Å²) in [6, 6.07) is 9.24. The van der Waals surface area contributed by atoms with Crippen LogP contribution in [0.25, 0.3) is 16.9 Å². The van der Waals surface area contributed by atoms with Gasteiger partial charge in [-0.25, -0.2) is 4.79 Å². The lowest BCUT2D eigenvalue weighted by molar-refractivity contribution is 0.0694. The number of aromatic carboxylic acids is 1. The van der Waals surface area contributed by atoms with E-state index in [2.05, 4.69) is 29.8 Å². The van der Waals surface area contributed by atoms with Crippen LogP contribution in [-0.4, -0.2) is 38.7 Å². The van der Waals surface area contributed by atoms with Gasteiger partial charge in [-0.15, -0.1) is 0 Å². The summed E-state index contributed by atoms with van der Waals surface area (Å²) in [6.07, 6.45) is 3.08. The molecule has 0 radical (unpaired) electrons. The Morgan fingerprint density at radius 2 is 1.81 bits per heavy atom. The molecule has 1 aromatic carbocycles. The molecule has 0 unspecified atom stereocenters. The van der Waals surface area contributed by atoms with E-state index in [0.717, 1.165) is 10.2 Å². The van der Waals surface area contributed by atoms with Crippen molar-refractivity contribution >= 4 is 19.2 Å². The molecule has 8 heteroatoms. The minimum Gasteiger partial charge on any atom is -0.477 e. The smallest absolute Gasteiger partial charge is 0.341 e. The first kappa shape index (κ1) is 17.8. The number of hydrogen-bond donors (Lipinski definition) is 1. The van der Waals surface area contributed by atoms with Crippen molar-refractivity contribution in [1.82, 2.24) is 19.6 Å². The highest BCUT2D eigenvalue weighted by Crippen LogP contribution is 2.18. The molecule has 1 N–H and O–H groups in total. The predicted octanol–water partition coefficient (Wildman–Crippen LogP) is 1.88. The summed E-state index contributed by atoms with van der Waals surface area (Å²) < 4.78 is 2.61. The molecule has 0 saturated heterocycles. The molecule has 0 aliphatic heterocycles. The first-order chi connectivity index (χ1) is 12.2. The van der Waals surface area contributed by atoms with Gasteiger partial charge in [0, 0.05) is 12.6 Å². The van der Waals surface area contributed by atoms with E-state index in [-0.39, 0.29) is 5.56 Å². The lowest BCUT2D eigenvalue weighted by atomic mass is 10.1. The quantitative estimate of drug-likeness (QED) is 0.710. The van der Waals surface area contributed by atoms with Crippen molar-refractivity contribution < 1.29 is 9.90 Å². The van der Waals surface area contributed by atoms with Gasteiger partial charge in [0.05, 0.1) is 26.2 Å². The highest BCUT2D eigenvalue weighted by atomic mass is 28.3. The lowest BCUT2D eigenvalue weighted by Gasteiger charge is -2.16. The standard InChI is InChI=1S/C18H20N4O3Si/c1-21-11-13(10-19-21)22-17(23)15(18(24)25)9-16(20-22)12-5-7-14(8-6-12)26(2,3)4/h5-11H,1-4H3,(H,24,25). The van der Waals surface area contributed by atoms with Gasteiger partial charge >= 0.3 is 5.97 Å². The Morgan fingerprint density at radius 3 is 2.31 bits per heavy atom. The van der Waals surface area contributed by atoms with Crippen LogP contribution in [0.4, 0.5) is 0 Å². The van der Waals surface area contributed by atoms with Gasteiger partial charge in [0.25, 0.3) is 5.56 Å². The number of rotatable bonds is 4. The number of aryl methyl sites for hydroxylation is 1. The molecular formula is C18H20N4O3Si. The van der Waals surface area contributed by atoms with Crippen LogP contribution in [0.5, 0.6) is 0 Å². The third-order valence-corrected chi connectivity index (χ3v) is 6.19. The number of carbonyl (C=O) groups is 1. The van der Waals surface area contributed by atoms with Crippen molar-refractivity contribution in [3.63, 3.8) is 0 Å². The van der Waals surface area contributed by atoms with Crippen LogP contribution in [0.2, 0.25) is 19.6 Å². The largest absolute Gasteiger partial charge is 0.477 e. The van der Waals surface area contributed by atoms with E-state index in [1.807, 2.05) is 24.3 Å². The molecule has 0 aliphatic rings. The predicted molar refractivity (Wildman–Crippen MR) is 102 cm³/mol. The monoisotopic (exact) mass is 368 g/mol. The van der Waals surface area contributed by atoms with Gasteiger partial charge in [0.2, 0.25) is 0 Å². The number of carboxylic acids is 1. The minimum atomic E-state index is -1.44. The van der Waals surface area contributed by atoms with Crippen molar-refractivity contribution in [2.75, 3.05) is 0 Å². The summed E-state index contributed by atoms with van der Waals surface area (Å²) in [4.78, 5) is 24.0. The second-order valence-electron chi connectivity index (χ2n) is 7.16. The van der Waals surface area contributed by atoms with Crippen molar-refractivity contribution in [2.45, 2.75) is 19.6 Å². The SMILES string of the molecule is Cn1cc(-n2nc(-c3ccc([Si](C)(C)C)cc3)cc(C(=O)O)c2=O)cn1. The normalized spacial score (nSPS) is 11.5. The molecular weight excluding hydrogens is 348 g/mol. The molecule has 0 aliphatic carbocycles. The van der Waals surface area contributed by atoms with Crippen molar-refractivity contribution in [1.29, 1.82) is 0 Å². The van der Waals surface area contributed by atoms with E-state index in [0.29, 0.717) is 11.4 Å². The van der Waals surface area contributed by atoms with Gasteiger partial charge in [-0.2, -0.15) is 14.9 Å². The molecule has 7 nitrogen and oxygen atoms in total. The molecule has 26 heavy (non-hydrogen) atoms. The number of hydrogen-bond acceptors (Lipinski definition) is 4. The summed E-state index contributed by atoms with van der Waals surface area (Å²) in [5.41, 5.74) is 0.585. The molecule has 2 heterocycles. The molecule has 0 atom stereocenters. The average molecular weight is 368 g/mol. The fraction of sp³-hybridized carbons (Fsp3) is 0.222. The second-order valence-corrected chi connectivity index (χ2v) is 12.2. The maximum absolute atomic E-state index is 12.5. The molecule has 134 valence electrons. The van der Waals surface area contributed by atoms with E-state index < -0.39 is 19.6 Å². The molecule has 0 saturated carbocycles. The molecule has 0 spiro atoms. The van der Waals surface area contributed by atoms with Gasteiger partial charge in [-0.05, 0) is 6.07 Å². The van der Waals surface area contributed by atoms with Gasteiger partial charge in [-0.1, -0.05) is 49.1 Å². The van der Waals surface area contributed by atoms with Gasteiger partial charge in [0.1, 0.15) is 11.3 Å². The molecule has 3 rings (SSSR count). The summed E-state index contributed by atoms with van der Waals surface area (Å²) >= 11 is 0. The Hall–Kier alpha value is -3.00. The van der Waals surface area contributed by atoms with Crippen LogP contribution in [0.1, 0.15) is 10.4 Å². The second kappa shape index (κ2) is 6.38. The number of benzene rings is 1. The zero-order valence-corrected chi connectivity index (χ0v) is 16.1. The molecule has 0 fully saturated rings. The zero-order chi connectivity index (χ0) is 19.1. The Balaban J connectivity index is 2.17. The number of aromatic nitrogens is 4. The lowest BCUT2D eigenvalue weighted by Crippen LogP contribution is -2.37. The van der Waals surface area contributed by atoms with Gasteiger partial charge in [-0.3, -0.25) is 9.48 Å². The minimum absolute atomic E-state index is 0.326. The molecule has 0 bridgehead atoms. The summed E-state index contributed by atoms with van der Waals surface area (Å²) in [7, 11) is 0.277. The fourth-order valence-corrected chi connectivity index (χ4v) is 3.79. The Kier molecular flexibility index (Phi) is 4.37. The summed E-state index contributed by atoms with van der Waals surface area (Å²) in [5, 5.41) is 19.1. The van der Waals surface area contributed by atoms with Crippen LogP contribution in [0, 0.1) is 0 Å². The number of carboxylic acid groups (broad SMARTS) is 1. The van der Waals surface area contributed by atoms with Gasteiger partial charge < -0.3 is 5.11 Å². The van der Waals surface area contributed by atoms with Crippen LogP contribution < -0.4 is 10.7 Å². The maximum Gasteiger partial charge on any atom is 0.341 e. The van der Waals surface area contributed by atoms with Crippen molar-refractivity contribution in [2.24, 2.45) is 7.05 Å². The van der Waals surface area contributed by atoms with Crippen molar-refractivity contribution in [3.8, 4) is 16.9 Å². The van der Waals surface area contributed by atoms with Crippen LogP contribution in [-0.2, 0) is 7.05 Å². The third kappa shape index (κ3) is 3.36. The first-order valence-corrected chi connectivity index (χ1v) is 11.6. The van der Waals surface area contributed by atoms with Crippen molar-refractivity contribution in [3.05, 3.63) is 58.6 Å². The van der Waals surface area contributed by atoms with Crippen LogP contribution in [0.15, 0.2) is 47.5 Å². The van der Waals surface area contributed by atoms with Gasteiger partial charge in [0.15, 0.2) is 0 Å². The van der Waals surface area contributed by atoms with E-state index in [1.54, 1.807) is 13.2 Å². The molecule has 3 aromatic rings. The highest BCUT2D eigenvalue weighted by Gasteiger charge is 2.19. The van der Waals surface area contributed by atoms with E-state index in [1.165, 1.54) is 22.1 Å². The summed E-state index contributed by atoms with van der Waals surface area (Å²) in [6.45, 7) is 6.77. The van der Waals surface area contributed by atoms with E-state index >= 15 is 0 Å². The topological polar surface area (TPSA) is 90.0 Å². The highest BCUT2D eigenvalue weighted by molar-refractivity contribution is 6.88. The maximum atomic E-state index is 12.5. The zero-order valence-electron chi connectivity index (χ0n) is 15.1.